The molecule has 1 fully saturated rings. The quantitative estimate of drug-likeness (QED) is 0.223. The van der Waals surface area contributed by atoms with Crippen molar-refractivity contribution >= 4 is 55.7 Å². The van der Waals surface area contributed by atoms with Crippen LogP contribution in [0.15, 0.2) is 72.3 Å². The molecule has 0 aliphatic carbocycles. The second kappa shape index (κ2) is 8.55. The van der Waals surface area contributed by atoms with Crippen molar-refractivity contribution in [3.8, 4) is 5.75 Å². The van der Waals surface area contributed by atoms with Crippen LogP contribution in [0.4, 0.5) is 9.52 Å². The number of hydrogen-bond donors (Lipinski definition) is 1. The summed E-state index contributed by atoms with van der Waals surface area (Å²) in [5.41, 5.74) is 1.21. The molecule has 2 heterocycles. The van der Waals surface area contributed by atoms with E-state index < -0.39 is 23.5 Å². The molecule has 34 heavy (non-hydrogen) atoms. The van der Waals surface area contributed by atoms with Gasteiger partial charge in [-0.25, -0.2) is 9.37 Å². The maximum Gasteiger partial charge on any atom is 0.301 e. The van der Waals surface area contributed by atoms with Gasteiger partial charge in [0.15, 0.2) is 5.13 Å². The Morgan fingerprint density at radius 1 is 1.12 bits per heavy atom. The topological polar surface area (TPSA) is 79.7 Å². The Kier molecular flexibility index (Phi) is 5.55. The summed E-state index contributed by atoms with van der Waals surface area (Å²) in [5, 5.41) is 11.8. The fourth-order valence-electron chi connectivity index (χ4n) is 3.94. The molecule has 1 amide bonds. The first-order chi connectivity index (χ1) is 16.4. The van der Waals surface area contributed by atoms with E-state index in [4.69, 9.17) is 16.3 Å². The number of nitrogens with zero attached hydrogens (tertiary/aromatic N) is 2. The largest absolute Gasteiger partial charge is 0.507 e. The van der Waals surface area contributed by atoms with Crippen molar-refractivity contribution in [2.24, 2.45) is 0 Å². The van der Waals surface area contributed by atoms with Crippen LogP contribution >= 0.6 is 22.9 Å². The molecule has 1 aliphatic rings. The molecule has 1 aromatic heterocycles. The van der Waals surface area contributed by atoms with Gasteiger partial charge >= 0.3 is 5.91 Å². The number of amides is 1. The highest BCUT2D eigenvalue weighted by atomic mass is 35.5. The molecule has 170 valence electrons. The van der Waals surface area contributed by atoms with Gasteiger partial charge in [0.1, 0.15) is 17.3 Å². The Bertz CT molecular complexity index is 1500. The number of thiazole rings is 1. The fraction of sp³-hybridized carbons (Fsp3) is 0.0800. The highest BCUT2D eigenvalue weighted by molar-refractivity contribution is 7.22. The van der Waals surface area contributed by atoms with Crippen LogP contribution in [0.3, 0.4) is 0 Å². The number of rotatable bonds is 4. The zero-order chi connectivity index (χ0) is 24.0. The lowest BCUT2D eigenvalue weighted by molar-refractivity contribution is -0.132. The molecule has 0 saturated carbocycles. The lowest BCUT2D eigenvalue weighted by Gasteiger charge is -2.23. The molecular formula is C25H16ClFN2O4S. The fourth-order valence-corrected chi connectivity index (χ4v) is 5.15. The summed E-state index contributed by atoms with van der Waals surface area (Å²) < 4.78 is 19.5. The standard InChI is InChI=1S/C25H16ClFN2O4S/c1-33-17-7-3-5-14(11-17)22(30)20-21(13-4-2-6-15(26)10-13)29(24(32)23(20)31)25-28-18-9-8-16(27)12-19(18)34-25/h2-12,21,30H,1H3/b22-20+. The van der Waals surface area contributed by atoms with Gasteiger partial charge in [0.05, 0.1) is 28.9 Å². The lowest BCUT2D eigenvalue weighted by Crippen LogP contribution is -2.29. The second-order valence-corrected chi connectivity index (χ2v) is 9.01. The normalized spacial score (nSPS) is 17.5. The Morgan fingerprint density at radius 2 is 1.91 bits per heavy atom. The zero-order valence-corrected chi connectivity index (χ0v) is 19.2. The number of ketones is 1. The van der Waals surface area contributed by atoms with Crippen molar-refractivity contribution in [2.45, 2.75) is 6.04 Å². The Balaban J connectivity index is 1.74. The molecule has 0 bridgehead atoms. The minimum Gasteiger partial charge on any atom is -0.507 e. The number of ether oxygens (including phenoxy) is 1. The van der Waals surface area contributed by atoms with E-state index in [0.29, 0.717) is 32.1 Å². The number of aliphatic hydroxyl groups excluding tert-OH is 1. The number of anilines is 1. The van der Waals surface area contributed by atoms with E-state index in [-0.39, 0.29) is 16.5 Å². The molecule has 9 heteroatoms. The molecule has 1 unspecified atom stereocenters. The van der Waals surface area contributed by atoms with E-state index in [1.165, 1.54) is 30.2 Å². The summed E-state index contributed by atoms with van der Waals surface area (Å²) in [6.45, 7) is 0. The number of methoxy groups -OCH3 is 1. The van der Waals surface area contributed by atoms with Gasteiger partial charge in [0.25, 0.3) is 5.78 Å². The highest BCUT2D eigenvalue weighted by Crippen LogP contribution is 2.44. The van der Waals surface area contributed by atoms with E-state index in [2.05, 4.69) is 4.98 Å². The van der Waals surface area contributed by atoms with Crippen molar-refractivity contribution in [3.05, 3.63) is 94.3 Å². The number of carbonyl (C=O) groups is 2. The van der Waals surface area contributed by atoms with E-state index in [9.17, 15) is 19.1 Å². The molecule has 1 saturated heterocycles. The number of hydrogen-bond acceptors (Lipinski definition) is 6. The van der Waals surface area contributed by atoms with Crippen LogP contribution in [0.25, 0.3) is 16.0 Å². The van der Waals surface area contributed by atoms with Gasteiger partial charge in [-0.2, -0.15) is 0 Å². The first kappa shape index (κ1) is 22.1. The SMILES string of the molecule is COc1cccc(/C(O)=C2\C(=O)C(=O)N(c3nc4ccc(F)cc4s3)C2c2cccc(Cl)c2)c1. The summed E-state index contributed by atoms with van der Waals surface area (Å²) in [5.74, 6) is -2.03. The predicted octanol–water partition coefficient (Wildman–Crippen LogP) is 5.72. The minimum atomic E-state index is -0.990. The van der Waals surface area contributed by atoms with Gasteiger partial charge in [-0.3, -0.25) is 14.5 Å². The molecule has 0 radical (unpaired) electrons. The van der Waals surface area contributed by atoms with Crippen LogP contribution < -0.4 is 9.64 Å². The van der Waals surface area contributed by atoms with Crippen molar-refractivity contribution in [1.29, 1.82) is 0 Å². The van der Waals surface area contributed by atoms with Gasteiger partial charge in [-0.1, -0.05) is 47.2 Å². The average molecular weight is 495 g/mol. The van der Waals surface area contributed by atoms with Crippen LogP contribution in [-0.4, -0.2) is 28.9 Å². The molecular weight excluding hydrogens is 479 g/mol. The molecule has 4 aromatic rings. The molecule has 1 N–H and O–H groups in total. The van der Waals surface area contributed by atoms with Crippen LogP contribution in [0, 0.1) is 5.82 Å². The molecule has 6 nitrogen and oxygen atoms in total. The Labute approximate surface area is 202 Å². The van der Waals surface area contributed by atoms with Crippen LogP contribution in [0.5, 0.6) is 5.75 Å². The smallest absolute Gasteiger partial charge is 0.301 e. The van der Waals surface area contributed by atoms with Gasteiger partial charge in [-0.05, 0) is 48.0 Å². The van der Waals surface area contributed by atoms with Crippen molar-refractivity contribution in [1.82, 2.24) is 4.98 Å². The number of benzene rings is 3. The van der Waals surface area contributed by atoms with Crippen molar-refractivity contribution in [2.75, 3.05) is 12.0 Å². The van der Waals surface area contributed by atoms with E-state index in [1.54, 1.807) is 48.5 Å². The molecule has 3 aromatic carbocycles. The number of Topliss-reactive ketones (excluding diaryl/α,β-unsaturated/α-hetero) is 1. The monoisotopic (exact) mass is 494 g/mol. The number of halogens is 2. The molecule has 1 atom stereocenters. The van der Waals surface area contributed by atoms with Crippen LogP contribution in [0.2, 0.25) is 5.02 Å². The summed E-state index contributed by atoms with van der Waals surface area (Å²) in [6, 6.07) is 16.3. The molecule has 0 spiro atoms. The summed E-state index contributed by atoms with van der Waals surface area (Å²) >= 11 is 7.29. The zero-order valence-electron chi connectivity index (χ0n) is 17.7. The van der Waals surface area contributed by atoms with Gasteiger partial charge in [0, 0.05) is 10.6 Å². The number of fused-ring (bicyclic) bond motifs is 1. The van der Waals surface area contributed by atoms with Gasteiger partial charge in [-0.15, -0.1) is 0 Å². The maximum absolute atomic E-state index is 13.7. The molecule has 5 rings (SSSR count). The third-order valence-electron chi connectivity index (χ3n) is 5.50. The lowest BCUT2D eigenvalue weighted by atomic mass is 9.95. The number of carbonyl (C=O) groups excluding carboxylic acids is 2. The van der Waals surface area contributed by atoms with Gasteiger partial charge in [0.2, 0.25) is 0 Å². The van der Waals surface area contributed by atoms with E-state index >= 15 is 0 Å². The van der Waals surface area contributed by atoms with Gasteiger partial charge < -0.3 is 9.84 Å². The van der Waals surface area contributed by atoms with Crippen LogP contribution in [0.1, 0.15) is 17.2 Å². The van der Waals surface area contributed by atoms with Crippen LogP contribution in [-0.2, 0) is 9.59 Å². The number of aliphatic hydroxyl groups is 1. The summed E-state index contributed by atoms with van der Waals surface area (Å²) in [7, 11) is 1.49. The third-order valence-corrected chi connectivity index (χ3v) is 6.75. The first-order valence-corrected chi connectivity index (χ1v) is 11.3. The summed E-state index contributed by atoms with van der Waals surface area (Å²) in [4.78, 5) is 32.2. The first-order valence-electron chi connectivity index (χ1n) is 10.1. The minimum absolute atomic E-state index is 0.106. The Morgan fingerprint density at radius 3 is 2.68 bits per heavy atom. The molecule has 1 aliphatic heterocycles. The van der Waals surface area contributed by atoms with E-state index in [0.717, 1.165) is 11.3 Å². The Hall–Kier alpha value is -3.75. The predicted molar refractivity (Wildman–Crippen MR) is 129 cm³/mol. The van der Waals surface area contributed by atoms with Crippen molar-refractivity contribution in [3.63, 3.8) is 0 Å². The van der Waals surface area contributed by atoms with Crippen molar-refractivity contribution < 1.29 is 23.8 Å². The maximum atomic E-state index is 13.7. The third kappa shape index (κ3) is 3.70. The number of aromatic nitrogens is 1. The average Bonchev–Trinajstić information content (AvgIpc) is 3.36. The summed E-state index contributed by atoms with van der Waals surface area (Å²) in [6.07, 6.45) is 0. The van der Waals surface area contributed by atoms with E-state index in [1.807, 2.05) is 0 Å². The second-order valence-electron chi connectivity index (χ2n) is 7.56. The highest BCUT2D eigenvalue weighted by Gasteiger charge is 2.48.